The lowest BCUT2D eigenvalue weighted by molar-refractivity contribution is -0.122. The predicted molar refractivity (Wildman–Crippen MR) is 124 cm³/mol. The summed E-state index contributed by atoms with van der Waals surface area (Å²) in [4.78, 5) is 29.2. The maximum atomic E-state index is 13.3. The zero-order valence-electron chi connectivity index (χ0n) is 17.6. The van der Waals surface area contributed by atoms with Crippen molar-refractivity contribution in [1.29, 1.82) is 0 Å². The van der Waals surface area contributed by atoms with Crippen molar-refractivity contribution in [2.75, 3.05) is 18.0 Å². The Balaban J connectivity index is 1.78. The quantitative estimate of drug-likeness (QED) is 0.397. The average Bonchev–Trinajstić information content (AvgIpc) is 3.04. The minimum atomic E-state index is -0.579. The van der Waals surface area contributed by atoms with Crippen molar-refractivity contribution in [3.05, 3.63) is 65.7 Å². The Kier molecular flexibility index (Phi) is 7.57. The number of imide groups is 1. The van der Waals surface area contributed by atoms with Gasteiger partial charge in [-0.05, 0) is 49.7 Å². The molecule has 30 heavy (non-hydrogen) atoms. The highest BCUT2D eigenvalue weighted by Crippen LogP contribution is 2.26. The maximum absolute atomic E-state index is 13.3. The fourth-order valence-electron chi connectivity index (χ4n) is 3.59. The van der Waals surface area contributed by atoms with Crippen molar-refractivity contribution in [1.82, 2.24) is 10.2 Å². The number of benzene rings is 2. The highest BCUT2D eigenvalue weighted by Gasteiger charge is 2.43. The van der Waals surface area contributed by atoms with Crippen LogP contribution in [0.1, 0.15) is 37.3 Å². The van der Waals surface area contributed by atoms with Crippen LogP contribution in [-0.4, -0.2) is 41.0 Å². The molecule has 1 atom stereocenters. The second-order valence-corrected chi connectivity index (χ2v) is 8.02. The Hall–Kier alpha value is -2.73. The van der Waals surface area contributed by atoms with E-state index in [4.69, 9.17) is 12.2 Å². The van der Waals surface area contributed by atoms with E-state index in [1.165, 1.54) is 10.5 Å². The van der Waals surface area contributed by atoms with E-state index in [1.807, 2.05) is 54.3 Å². The first-order valence-corrected chi connectivity index (χ1v) is 10.9. The van der Waals surface area contributed by atoms with Crippen LogP contribution in [0.2, 0.25) is 0 Å². The summed E-state index contributed by atoms with van der Waals surface area (Å²) >= 11 is 5.64. The summed E-state index contributed by atoms with van der Waals surface area (Å²) in [6.45, 7) is 5.43. The molecule has 1 saturated heterocycles. The van der Waals surface area contributed by atoms with E-state index in [0.29, 0.717) is 17.3 Å². The number of aryl methyl sites for hydroxylation is 1. The average molecular weight is 424 g/mol. The minimum Gasteiger partial charge on any atom is -0.363 e. The van der Waals surface area contributed by atoms with Crippen LogP contribution in [0.15, 0.2) is 54.6 Å². The number of hydrogen-bond donors (Lipinski definition) is 1. The topological polar surface area (TPSA) is 52.7 Å². The van der Waals surface area contributed by atoms with Crippen molar-refractivity contribution in [2.24, 2.45) is 0 Å². The molecule has 0 radical (unpaired) electrons. The van der Waals surface area contributed by atoms with E-state index in [2.05, 4.69) is 24.4 Å². The number of nitrogens with zero attached hydrogens (tertiary/aromatic N) is 2. The first kappa shape index (κ1) is 22.0. The van der Waals surface area contributed by atoms with Gasteiger partial charge in [0.15, 0.2) is 5.11 Å². The van der Waals surface area contributed by atoms with Gasteiger partial charge in [-0.15, -0.1) is 0 Å². The molecule has 3 rings (SSSR count). The molecule has 1 aliphatic rings. The summed E-state index contributed by atoms with van der Waals surface area (Å²) in [5.74, 6) is -0.397. The lowest BCUT2D eigenvalue weighted by Gasteiger charge is -2.30. The number of hydrogen-bond acceptors (Lipinski definition) is 3. The normalized spacial score (nSPS) is 16.1. The molecule has 1 fully saturated rings. The lowest BCUT2D eigenvalue weighted by atomic mass is 10.1. The van der Waals surface area contributed by atoms with Gasteiger partial charge >= 0.3 is 0 Å². The Bertz CT molecular complexity index is 883. The third-order valence-electron chi connectivity index (χ3n) is 5.34. The van der Waals surface area contributed by atoms with E-state index in [-0.39, 0.29) is 18.2 Å². The van der Waals surface area contributed by atoms with Gasteiger partial charge in [0, 0.05) is 13.1 Å². The molecule has 2 amide bonds. The van der Waals surface area contributed by atoms with E-state index in [1.54, 1.807) is 0 Å². The summed E-state index contributed by atoms with van der Waals surface area (Å²) in [5, 5.41) is 3.81. The van der Waals surface area contributed by atoms with Crippen molar-refractivity contribution in [2.45, 2.75) is 45.6 Å². The van der Waals surface area contributed by atoms with Gasteiger partial charge in [0.1, 0.15) is 6.04 Å². The summed E-state index contributed by atoms with van der Waals surface area (Å²) < 4.78 is 0. The second-order valence-electron chi connectivity index (χ2n) is 7.64. The molecular formula is C24H29N3O2S. The molecule has 1 N–H and O–H groups in total. The van der Waals surface area contributed by atoms with Gasteiger partial charge in [0.25, 0.3) is 5.91 Å². The van der Waals surface area contributed by atoms with Gasteiger partial charge in [-0.2, -0.15) is 0 Å². The Morgan fingerprint density at radius 3 is 2.50 bits per heavy atom. The van der Waals surface area contributed by atoms with Gasteiger partial charge in [0.05, 0.1) is 12.1 Å². The third-order valence-corrected chi connectivity index (χ3v) is 5.72. The zero-order chi connectivity index (χ0) is 21.5. The Labute approximate surface area is 184 Å². The van der Waals surface area contributed by atoms with Crippen molar-refractivity contribution in [3.63, 3.8) is 0 Å². The van der Waals surface area contributed by atoms with Crippen LogP contribution in [0, 0.1) is 6.92 Å². The fourth-order valence-corrected chi connectivity index (χ4v) is 3.91. The van der Waals surface area contributed by atoms with E-state index < -0.39 is 6.04 Å². The van der Waals surface area contributed by atoms with Crippen LogP contribution < -0.4 is 10.2 Å². The molecule has 0 aromatic heterocycles. The number of carbonyl (C=O) groups is 2. The lowest BCUT2D eigenvalue weighted by Crippen LogP contribution is -2.50. The highest BCUT2D eigenvalue weighted by molar-refractivity contribution is 7.80. The second kappa shape index (κ2) is 10.3. The molecule has 0 spiro atoms. The first-order chi connectivity index (χ1) is 14.5. The molecule has 2 aromatic rings. The molecule has 0 aliphatic carbocycles. The number of amides is 2. The Morgan fingerprint density at radius 1 is 1.13 bits per heavy atom. The molecule has 2 aromatic carbocycles. The summed E-state index contributed by atoms with van der Waals surface area (Å²) in [5.41, 5.74) is 2.87. The monoisotopic (exact) mass is 423 g/mol. The van der Waals surface area contributed by atoms with Crippen molar-refractivity contribution >= 4 is 34.8 Å². The molecule has 158 valence electrons. The smallest absolute Gasteiger partial charge is 0.257 e. The first-order valence-electron chi connectivity index (χ1n) is 10.5. The molecule has 6 heteroatoms. The summed E-state index contributed by atoms with van der Waals surface area (Å²) in [6, 6.07) is 17.0. The molecule has 1 aliphatic heterocycles. The highest BCUT2D eigenvalue weighted by atomic mass is 32.1. The largest absolute Gasteiger partial charge is 0.363 e. The number of nitrogens with one attached hydrogen (secondary N) is 1. The standard InChI is InChI=1S/C24H29N3O2S/c1-3-4-15-25-24(30)26(16-14-19-8-6-5-7-9-19)21-17-22(28)27(23(21)29)20-12-10-18(2)11-13-20/h5-13,21H,3-4,14-17H2,1-2H3,(H,25,30). The van der Waals surface area contributed by atoms with Gasteiger partial charge in [-0.1, -0.05) is 61.4 Å². The molecule has 1 unspecified atom stereocenters. The number of rotatable bonds is 8. The van der Waals surface area contributed by atoms with Crippen molar-refractivity contribution < 1.29 is 9.59 Å². The van der Waals surface area contributed by atoms with Crippen LogP contribution in [-0.2, 0) is 16.0 Å². The molecular weight excluding hydrogens is 394 g/mol. The van der Waals surface area contributed by atoms with Crippen LogP contribution in [0.25, 0.3) is 0 Å². The zero-order valence-corrected chi connectivity index (χ0v) is 18.5. The number of thiocarbonyl (C=S) groups is 1. The fraction of sp³-hybridized carbons (Fsp3) is 0.375. The minimum absolute atomic E-state index is 0.136. The van der Waals surface area contributed by atoms with E-state index in [9.17, 15) is 9.59 Å². The van der Waals surface area contributed by atoms with E-state index in [0.717, 1.165) is 31.4 Å². The van der Waals surface area contributed by atoms with Crippen LogP contribution in [0.3, 0.4) is 0 Å². The summed E-state index contributed by atoms with van der Waals surface area (Å²) in [6.07, 6.45) is 2.94. The van der Waals surface area contributed by atoms with Crippen LogP contribution in [0.4, 0.5) is 5.69 Å². The number of unbranched alkanes of at least 4 members (excludes halogenated alkanes) is 1. The summed E-state index contributed by atoms with van der Waals surface area (Å²) in [7, 11) is 0. The predicted octanol–water partition coefficient (Wildman–Crippen LogP) is 3.85. The van der Waals surface area contributed by atoms with Gasteiger partial charge in [0.2, 0.25) is 5.91 Å². The molecule has 1 heterocycles. The molecule has 5 nitrogen and oxygen atoms in total. The van der Waals surface area contributed by atoms with Crippen molar-refractivity contribution in [3.8, 4) is 0 Å². The van der Waals surface area contributed by atoms with Gasteiger partial charge < -0.3 is 10.2 Å². The SMILES string of the molecule is CCCCNC(=S)N(CCc1ccccc1)C1CC(=O)N(c2ccc(C)cc2)C1=O. The van der Waals surface area contributed by atoms with Gasteiger partial charge in [-0.3, -0.25) is 9.59 Å². The molecule has 0 bridgehead atoms. The number of anilines is 1. The Morgan fingerprint density at radius 2 is 1.83 bits per heavy atom. The third kappa shape index (κ3) is 5.25. The van der Waals surface area contributed by atoms with Crippen LogP contribution >= 0.6 is 12.2 Å². The van der Waals surface area contributed by atoms with Crippen LogP contribution in [0.5, 0.6) is 0 Å². The maximum Gasteiger partial charge on any atom is 0.257 e. The van der Waals surface area contributed by atoms with E-state index >= 15 is 0 Å². The number of carbonyl (C=O) groups excluding carboxylic acids is 2. The van der Waals surface area contributed by atoms with Gasteiger partial charge in [-0.25, -0.2) is 4.90 Å². The molecule has 0 saturated carbocycles.